The first kappa shape index (κ1) is 15.5. The Labute approximate surface area is 155 Å². The average Bonchev–Trinajstić information content (AvgIpc) is 2.73. The first-order valence-electron chi connectivity index (χ1n) is 8.66. The zero-order valence-electron chi connectivity index (χ0n) is 14.3. The van der Waals surface area contributed by atoms with Crippen molar-refractivity contribution in [2.24, 2.45) is 0 Å². The molecule has 0 spiro atoms. The summed E-state index contributed by atoms with van der Waals surface area (Å²) in [5.74, 6) is -0.607. The normalized spacial score (nSPS) is 13.3. The lowest BCUT2D eigenvalue weighted by Crippen LogP contribution is -2.40. The van der Waals surface area contributed by atoms with Crippen LogP contribution in [0.2, 0.25) is 0 Å². The van der Waals surface area contributed by atoms with Crippen molar-refractivity contribution < 1.29 is 9.59 Å². The van der Waals surface area contributed by atoms with Gasteiger partial charge in [0.05, 0.1) is 11.4 Å². The van der Waals surface area contributed by atoms with Gasteiger partial charge in [-0.05, 0) is 41.8 Å². The molecule has 0 saturated carbocycles. The number of amides is 2. The summed E-state index contributed by atoms with van der Waals surface area (Å²) < 4.78 is 0. The number of hydrogen-bond donors (Lipinski definition) is 0. The van der Waals surface area contributed by atoms with Crippen molar-refractivity contribution in [1.82, 2.24) is 4.98 Å². The van der Waals surface area contributed by atoms with Gasteiger partial charge < -0.3 is 0 Å². The smallest absolute Gasteiger partial charge is 0.265 e. The second kappa shape index (κ2) is 5.88. The number of aromatic nitrogens is 1. The van der Waals surface area contributed by atoms with Gasteiger partial charge in [-0.25, -0.2) is 4.90 Å². The summed E-state index contributed by atoms with van der Waals surface area (Å²) in [5, 5.41) is 1.56. The lowest BCUT2D eigenvalue weighted by Gasteiger charge is -2.27. The summed E-state index contributed by atoms with van der Waals surface area (Å²) in [6.45, 7) is 0. The van der Waals surface area contributed by atoms with Crippen LogP contribution in [-0.2, 0) is 0 Å². The van der Waals surface area contributed by atoms with E-state index in [4.69, 9.17) is 0 Å². The van der Waals surface area contributed by atoms with Crippen molar-refractivity contribution in [1.29, 1.82) is 0 Å². The number of pyridine rings is 1. The van der Waals surface area contributed by atoms with Gasteiger partial charge in [0, 0.05) is 28.3 Å². The Balaban J connectivity index is 1.78. The molecule has 0 atom stereocenters. The minimum atomic E-state index is -0.303. The van der Waals surface area contributed by atoms with E-state index >= 15 is 0 Å². The molecule has 5 rings (SSSR count). The highest BCUT2D eigenvalue weighted by molar-refractivity contribution is 6.36. The van der Waals surface area contributed by atoms with Crippen molar-refractivity contribution in [3.63, 3.8) is 0 Å². The highest BCUT2D eigenvalue weighted by Crippen LogP contribution is 2.37. The number of para-hydroxylation sites is 1. The molecule has 0 unspecified atom stereocenters. The first-order valence-corrected chi connectivity index (χ1v) is 8.66. The number of hydrogen-bond acceptors (Lipinski definition) is 3. The summed E-state index contributed by atoms with van der Waals surface area (Å²) in [6, 6.07) is 24.0. The van der Waals surface area contributed by atoms with Gasteiger partial charge in [-0.3, -0.25) is 14.6 Å². The maximum Gasteiger partial charge on any atom is 0.265 e. The molecular formula is C23H14N2O2. The molecule has 2 amide bonds. The predicted octanol–water partition coefficient (Wildman–Crippen LogP) is 4.70. The molecule has 0 bridgehead atoms. The average molecular weight is 350 g/mol. The number of anilines is 1. The lowest BCUT2D eigenvalue weighted by atomic mass is 9.90. The van der Waals surface area contributed by atoms with Crippen LogP contribution in [0.5, 0.6) is 0 Å². The van der Waals surface area contributed by atoms with Crippen LogP contribution in [0.25, 0.3) is 22.0 Å². The van der Waals surface area contributed by atoms with Gasteiger partial charge in [0.15, 0.2) is 0 Å². The molecule has 2 heterocycles. The number of rotatable bonds is 2. The van der Waals surface area contributed by atoms with E-state index in [2.05, 4.69) is 4.98 Å². The second-order valence-electron chi connectivity index (χ2n) is 6.39. The van der Waals surface area contributed by atoms with Crippen LogP contribution in [0.4, 0.5) is 5.69 Å². The Bertz CT molecular complexity index is 1180. The third kappa shape index (κ3) is 2.27. The summed E-state index contributed by atoms with van der Waals surface area (Å²) >= 11 is 0. The molecule has 128 valence electrons. The molecule has 1 aliphatic rings. The fourth-order valence-corrected chi connectivity index (χ4v) is 3.65. The maximum atomic E-state index is 13.2. The number of imide groups is 1. The third-order valence-corrected chi connectivity index (χ3v) is 4.86. The first-order chi connectivity index (χ1) is 13.3. The standard InChI is InChI=1S/C23H14N2O2/c26-22-18-10-6-9-17-16(20-11-4-5-14-24-20)12-13-19(21(17)18)23(27)25(22)15-7-2-1-3-8-15/h1-14H. The minimum Gasteiger partial charge on any atom is -0.268 e. The van der Waals surface area contributed by atoms with Gasteiger partial charge in [-0.2, -0.15) is 0 Å². The molecule has 0 radical (unpaired) electrons. The van der Waals surface area contributed by atoms with Crippen molar-refractivity contribution in [2.45, 2.75) is 0 Å². The van der Waals surface area contributed by atoms with Crippen LogP contribution in [0.1, 0.15) is 20.7 Å². The second-order valence-corrected chi connectivity index (χ2v) is 6.39. The Kier molecular flexibility index (Phi) is 3.37. The number of nitrogens with zero attached hydrogens (tertiary/aromatic N) is 2. The Morgan fingerprint density at radius 3 is 2.07 bits per heavy atom. The molecular weight excluding hydrogens is 336 g/mol. The van der Waals surface area contributed by atoms with Crippen LogP contribution in [0.3, 0.4) is 0 Å². The topological polar surface area (TPSA) is 50.3 Å². The summed E-state index contributed by atoms with van der Waals surface area (Å²) in [6.07, 6.45) is 1.73. The van der Waals surface area contributed by atoms with Gasteiger partial charge in [0.1, 0.15) is 0 Å². The molecule has 0 aliphatic carbocycles. The molecule has 4 aromatic rings. The fraction of sp³-hybridized carbons (Fsp3) is 0. The maximum absolute atomic E-state index is 13.2. The fourth-order valence-electron chi connectivity index (χ4n) is 3.65. The van der Waals surface area contributed by atoms with E-state index in [0.717, 1.165) is 16.6 Å². The molecule has 1 aliphatic heterocycles. The Morgan fingerprint density at radius 1 is 0.630 bits per heavy atom. The highest BCUT2D eigenvalue weighted by atomic mass is 16.2. The monoisotopic (exact) mass is 350 g/mol. The van der Waals surface area contributed by atoms with E-state index in [9.17, 15) is 9.59 Å². The van der Waals surface area contributed by atoms with E-state index in [1.165, 1.54) is 4.90 Å². The van der Waals surface area contributed by atoms with E-state index < -0.39 is 0 Å². The molecule has 3 aromatic carbocycles. The molecule has 0 saturated heterocycles. The van der Waals surface area contributed by atoms with Gasteiger partial charge >= 0.3 is 0 Å². The molecule has 4 nitrogen and oxygen atoms in total. The third-order valence-electron chi connectivity index (χ3n) is 4.86. The van der Waals surface area contributed by atoms with E-state index in [1.54, 1.807) is 30.5 Å². The van der Waals surface area contributed by atoms with E-state index in [0.29, 0.717) is 22.2 Å². The van der Waals surface area contributed by atoms with Crippen molar-refractivity contribution in [3.8, 4) is 11.3 Å². The van der Waals surface area contributed by atoms with Gasteiger partial charge in [-0.15, -0.1) is 0 Å². The number of benzene rings is 3. The van der Waals surface area contributed by atoms with E-state index in [1.807, 2.05) is 54.6 Å². The van der Waals surface area contributed by atoms with Gasteiger partial charge in [-0.1, -0.05) is 42.5 Å². The van der Waals surface area contributed by atoms with Crippen LogP contribution < -0.4 is 4.90 Å². The highest BCUT2D eigenvalue weighted by Gasteiger charge is 2.34. The Hall–Kier alpha value is -3.79. The summed E-state index contributed by atoms with van der Waals surface area (Å²) in [4.78, 5) is 32.0. The van der Waals surface area contributed by atoms with Crippen LogP contribution >= 0.6 is 0 Å². The van der Waals surface area contributed by atoms with Crippen molar-refractivity contribution in [2.75, 3.05) is 4.90 Å². The van der Waals surface area contributed by atoms with Crippen LogP contribution in [0.15, 0.2) is 85.1 Å². The minimum absolute atomic E-state index is 0.303. The van der Waals surface area contributed by atoms with Gasteiger partial charge in [0.2, 0.25) is 0 Å². The quantitative estimate of drug-likeness (QED) is 0.492. The SMILES string of the molecule is O=C1c2cccc3c(-c4ccccn4)ccc(c23)C(=O)N1c1ccccc1. The molecule has 1 aromatic heterocycles. The molecule has 27 heavy (non-hydrogen) atoms. The van der Waals surface area contributed by atoms with Crippen LogP contribution in [-0.4, -0.2) is 16.8 Å². The van der Waals surface area contributed by atoms with Crippen LogP contribution in [0, 0.1) is 0 Å². The van der Waals surface area contributed by atoms with Gasteiger partial charge in [0.25, 0.3) is 11.8 Å². The zero-order chi connectivity index (χ0) is 18.4. The molecule has 4 heteroatoms. The largest absolute Gasteiger partial charge is 0.268 e. The number of carbonyl (C=O) groups is 2. The Morgan fingerprint density at radius 2 is 1.33 bits per heavy atom. The predicted molar refractivity (Wildman–Crippen MR) is 105 cm³/mol. The summed E-state index contributed by atoms with van der Waals surface area (Å²) in [7, 11) is 0. The summed E-state index contributed by atoms with van der Waals surface area (Å²) in [5.41, 5.74) is 3.35. The van der Waals surface area contributed by atoms with Crippen molar-refractivity contribution >= 4 is 28.3 Å². The molecule has 0 N–H and O–H groups in total. The molecule has 0 fully saturated rings. The lowest BCUT2D eigenvalue weighted by molar-refractivity contribution is 0.0893. The van der Waals surface area contributed by atoms with Crippen molar-refractivity contribution in [3.05, 3.63) is 96.2 Å². The number of carbonyl (C=O) groups excluding carboxylic acids is 2. The zero-order valence-corrected chi connectivity index (χ0v) is 14.3. The van der Waals surface area contributed by atoms with E-state index in [-0.39, 0.29) is 11.8 Å².